The molecule has 2 rings (SSSR count). The molecule has 1 fully saturated rings. The molecule has 1 aliphatic carbocycles. The average molecular weight is 318 g/mol. The van der Waals surface area contributed by atoms with E-state index in [1.54, 1.807) is 19.3 Å². The normalized spacial score (nSPS) is 14.8. The van der Waals surface area contributed by atoms with Gasteiger partial charge in [-0.2, -0.15) is 0 Å². The lowest BCUT2D eigenvalue weighted by Crippen LogP contribution is -2.19. The molecular weight excluding hydrogens is 307 g/mol. The van der Waals surface area contributed by atoms with Crippen molar-refractivity contribution < 1.29 is 9.53 Å². The summed E-state index contributed by atoms with van der Waals surface area (Å²) >= 11 is 2.15. The fraction of sp³-hybridized carbons (Fsp3) is 0.400. The first-order valence-electron chi connectivity index (χ1n) is 4.75. The van der Waals surface area contributed by atoms with E-state index in [9.17, 15) is 4.79 Å². The summed E-state index contributed by atoms with van der Waals surface area (Å²) in [7, 11) is 1.59. The zero-order valence-corrected chi connectivity index (χ0v) is 10.4. The Morgan fingerprint density at radius 1 is 1.67 bits per heavy atom. The van der Waals surface area contributed by atoms with Crippen LogP contribution in [-0.4, -0.2) is 24.0 Å². The summed E-state index contributed by atoms with van der Waals surface area (Å²) in [4.78, 5) is 15.4. The van der Waals surface area contributed by atoms with Gasteiger partial charge in [0.15, 0.2) is 0 Å². The summed E-state index contributed by atoms with van der Waals surface area (Å²) in [6.07, 6.45) is 4.20. The fourth-order valence-electron chi connectivity index (χ4n) is 1.13. The quantitative estimate of drug-likeness (QED) is 0.861. The molecule has 1 N–H and O–H groups in total. The Balaban J connectivity index is 2.22. The van der Waals surface area contributed by atoms with Crippen molar-refractivity contribution in [1.82, 2.24) is 10.3 Å². The molecule has 4 nitrogen and oxygen atoms in total. The Hall–Kier alpha value is -0.850. The van der Waals surface area contributed by atoms with Crippen molar-refractivity contribution in [2.75, 3.05) is 7.05 Å². The second kappa shape index (κ2) is 4.34. The minimum atomic E-state index is -0.188. The number of amides is 1. The zero-order chi connectivity index (χ0) is 10.8. The predicted octanol–water partition coefficient (Wildman–Crippen LogP) is 1.59. The topological polar surface area (TPSA) is 51.2 Å². The largest absolute Gasteiger partial charge is 0.489 e. The van der Waals surface area contributed by atoms with Gasteiger partial charge in [-0.15, -0.1) is 0 Å². The van der Waals surface area contributed by atoms with E-state index >= 15 is 0 Å². The summed E-state index contributed by atoms with van der Waals surface area (Å²) in [5.41, 5.74) is 0.397. The third-order valence-electron chi connectivity index (χ3n) is 2.10. The van der Waals surface area contributed by atoms with Crippen LogP contribution in [0.15, 0.2) is 12.3 Å². The van der Waals surface area contributed by atoms with Gasteiger partial charge in [-0.3, -0.25) is 4.79 Å². The van der Waals surface area contributed by atoms with Gasteiger partial charge in [0.05, 0.1) is 9.67 Å². The van der Waals surface area contributed by atoms with E-state index in [1.807, 2.05) is 0 Å². The van der Waals surface area contributed by atoms with Crippen LogP contribution >= 0.6 is 22.6 Å². The zero-order valence-electron chi connectivity index (χ0n) is 8.29. The molecule has 5 heteroatoms. The van der Waals surface area contributed by atoms with Crippen molar-refractivity contribution in [2.45, 2.75) is 18.9 Å². The summed E-state index contributed by atoms with van der Waals surface area (Å²) < 4.78 is 6.60. The number of carbonyl (C=O) groups excluding carboxylic acids is 1. The Labute approximate surface area is 102 Å². The van der Waals surface area contributed by atoms with Crippen LogP contribution in [0.2, 0.25) is 0 Å². The van der Waals surface area contributed by atoms with Gasteiger partial charge in [0.2, 0.25) is 0 Å². The van der Waals surface area contributed by atoms with Gasteiger partial charge in [0, 0.05) is 19.3 Å². The van der Waals surface area contributed by atoms with Crippen molar-refractivity contribution in [3.63, 3.8) is 0 Å². The fourth-order valence-corrected chi connectivity index (χ4v) is 1.55. The number of nitrogens with zero attached hydrogens (tertiary/aromatic N) is 1. The molecule has 1 aromatic rings. The molecule has 0 spiro atoms. The van der Waals surface area contributed by atoms with Gasteiger partial charge in [-0.1, -0.05) is 0 Å². The van der Waals surface area contributed by atoms with Gasteiger partial charge >= 0.3 is 0 Å². The first-order valence-corrected chi connectivity index (χ1v) is 5.83. The van der Waals surface area contributed by atoms with Gasteiger partial charge < -0.3 is 10.1 Å². The number of rotatable bonds is 3. The molecule has 0 radical (unpaired) electrons. The van der Waals surface area contributed by atoms with Crippen molar-refractivity contribution >= 4 is 28.5 Å². The maximum atomic E-state index is 11.3. The molecule has 0 saturated heterocycles. The number of hydrogen-bond acceptors (Lipinski definition) is 3. The highest BCUT2D eigenvalue weighted by molar-refractivity contribution is 14.1. The Kier molecular flexibility index (Phi) is 3.08. The number of carbonyl (C=O) groups is 1. The van der Waals surface area contributed by atoms with Crippen LogP contribution in [-0.2, 0) is 0 Å². The van der Waals surface area contributed by atoms with Crippen molar-refractivity contribution in [2.24, 2.45) is 0 Å². The maximum absolute atomic E-state index is 11.3. The standard InChI is InChI=1S/C10H11IN2O2/c1-12-10(14)8-4-9(7(11)5-13-8)15-6-2-3-6/h4-6H,2-3H2,1H3,(H,12,14). The highest BCUT2D eigenvalue weighted by Gasteiger charge is 2.24. The molecule has 1 heterocycles. The minimum absolute atomic E-state index is 0.188. The number of hydrogen-bond donors (Lipinski definition) is 1. The second-order valence-electron chi connectivity index (χ2n) is 3.40. The lowest BCUT2D eigenvalue weighted by Gasteiger charge is -2.07. The first kappa shape index (κ1) is 10.7. The maximum Gasteiger partial charge on any atom is 0.269 e. The number of aromatic nitrogens is 1. The third kappa shape index (κ3) is 2.58. The summed E-state index contributed by atoms with van der Waals surface area (Å²) in [6.45, 7) is 0. The van der Waals surface area contributed by atoms with E-state index in [-0.39, 0.29) is 5.91 Å². The Morgan fingerprint density at radius 3 is 3.00 bits per heavy atom. The molecule has 1 saturated carbocycles. The molecule has 15 heavy (non-hydrogen) atoms. The van der Waals surface area contributed by atoms with Crippen LogP contribution in [0.5, 0.6) is 5.75 Å². The first-order chi connectivity index (χ1) is 7.20. The molecule has 0 aromatic carbocycles. The van der Waals surface area contributed by atoms with Crippen LogP contribution in [0.25, 0.3) is 0 Å². The van der Waals surface area contributed by atoms with Crippen LogP contribution in [0.1, 0.15) is 23.3 Å². The SMILES string of the molecule is CNC(=O)c1cc(OC2CC2)c(I)cn1. The number of ether oxygens (including phenoxy) is 1. The molecule has 0 atom stereocenters. The van der Waals surface area contributed by atoms with Gasteiger partial charge in [0.25, 0.3) is 5.91 Å². The lowest BCUT2D eigenvalue weighted by molar-refractivity contribution is 0.0957. The highest BCUT2D eigenvalue weighted by Crippen LogP contribution is 2.29. The third-order valence-corrected chi connectivity index (χ3v) is 2.91. The second-order valence-corrected chi connectivity index (χ2v) is 4.56. The molecule has 1 amide bonds. The Bertz CT molecular complexity index is 391. The smallest absolute Gasteiger partial charge is 0.269 e. The Morgan fingerprint density at radius 2 is 2.40 bits per heavy atom. The van der Waals surface area contributed by atoms with Crippen LogP contribution in [0.3, 0.4) is 0 Å². The molecule has 0 aliphatic heterocycles. The minimum Gasteiger partial charge on any atom is -0.489 e. The van der Waals surface area contributed by atoms with Gasteiger partial charge in [-0.25, -0.2) is 4.98 Å². The van der Waals surface area contributed by atoms with E-state index in [1.165, 1.54) is 0 Å². The molecular formula is C10H11IN2O2. The van der Waals surface area contributed by atoms with Crippen LogP contribution in [0.4, 0.5) is 0 Å². The molecule has 0 bridgehead atoms. The van der Waals surface area contributed by atoms with E-state index in [4.69, 9.17) is 4.74 Å². The van der Waals surface area contributed by atoms with Gasteiger partial charge in [-0.05, 0) is 35.4 Å². The number of halogens is 1. The molecule has 1 aliphatic rings. The van der Waals surface area contributed by atoms with Crippen molar-refractivity contribution in [3.8, 4) is 5.75 Å². The summed E-state index contributed by atoms with van der Waals surface area (Å²) in [6, 6.07) is 1.69. The van der Waals surface area contributed by atoms with E-state index < -0.39 is 0 Å². The van der Waals surface area contributed by atoms with Crippen molar-refractivity contribution in [3.05, 3.63) is 21.5 Å². The average Bonchev–Trinajstić information content (AvgIpc) is 3.04. The lowest BCUT2D eigenvalue weighted by atomic mass is 10.3. The molecule has 80 valence electrons. The highest BCUT2D eigenvalue weighted by atomic mass is 127. The number of pyridine rings is 1. The predicted molar refractivity (Wildman–Crippen MR) is 64.0 cm³/mol. The molecule has 1 aromatic heterocycles. The van der Waals surface area contributed by atoms with Crippen LogP contribution < -0.4 is 10.1 Å². The van der Waals surface area contributed by atoms with Gasteiger partial charge in [0.1, 0.15) is 11.4 Å². The summed E-state index contributed by atoms with van der Waals surface area (Å²) in [5, 5.41) is 2.54. The van der Waals surface area contributed by atoms with Crippen molar-refractivity contribution in [1.29, 1.82) is 0 Å². The van der Waals surface area contributed by atoms with E-state index in [2.05, 4.69) is 32.9 Å². The number of nitrogens with one attached hydrogen (secondary N) is 1. The molecule has 0 unspecified atom stereocenters. The summed E-state index contributed by atoms with van der Waals surface area (Å²) in [5.74, 6) is 0.568. The van der Waals surface area contributed by atoms with E-state index in [0.29, 0.717) is 11.8 Å². The monoisotopic (exact) mass is 318 g/mol. The van der Waals surface area contributed by atoms with E-state index in [0.717, 1.165) is 22.2 Å². The van der Waals surface area contributed by atoms with Crippen LogP contribution in [0, 0.1) is 3.57 Å².